The Labute approximate surface area is 81.1 Å². The fourth-order valence-corrected chi connectivity index (χ4v) is 1.51. The van der Waals surface area contributed by atoms with Gasteiger partial charge in [0.15, 0.2) is 0 Å². The van der Waals surface area contributed by atoms with Gasteiger partial charge in [0.1, 0.15) is 18.0 Å². The largest absolute Gasteiger partial charge is 0.459 e. The third-order valence-corrected chi connectivity index (χ3v) is 2.18. The predicted octanol–water partition coefficient (Wildman–Crippen LogP) is 3.23. The summed E-state index contributed by atoms with van der Waals surface area (Å²) in [6.45, 7) is 0.477. The summed E-state index contributed by atoms with van der Waals surface area (Å²) < 4.78 is 10.4. The molecular formula is C10H9ClO2. The lowest BCUT2D eigenvalue weighted by Crippen LogP contribution is -1.81. The van der Waals surface area contributed by atoms with E-state index in [9.17, 15) is 0 Å². The normalized spacial score (nSPS) is 10.9. The Bertz CT molecular complexity index is 420. The second-order valence-corrected chi connectivity index (χ2v) is 3.20. The minimum atomic E-state index is 0.477. The summed E-state index contributed by atoms with van der Waals surface area (Å²) >= 11 is 5.97. The van der Waals surface area contributed by atoms with Gasteiger partial charge in [-0.2, -0.15) is 0 Å². The summed E-state index contributed by atoms with van der Waals surface area (Å²) in [5.41, 5.74) is 0.805. The quantitative estimate of drug-likeness (QED) is 0.736. The maximum absolute atomic E-state index is 5.97. The molecule has 3 heteroatoms. The van der Waals surface area contributed by atoms with Crippen molar-refractivity contribution in [2.24, 2.45) is 0 Å². The Kier molecular flexibility index (Phi) is 2.25. The van der Waals surface area contributed by atoms with Gasteiger partial charge < -0.3 is 9.15 Å². The van der Waals surface area contributed by atoms with E-state index >= 15 is 0 Å². The van der Waals surface area contributed by atoms with Crippen LogP contribution < -0.4 is 0 Å². The minimum absolute atomic E-state index is 0.477. The molecule has 2 aromatic rings. The molecule has 0 atom stereocenters. The van der Waals surface area contributed by atoms with Crippen LogP contribution in [-0.4, -0.2) is 7.11 Å². The van der Waals surface area contributed by atoms with Crippen LogP contribution >= 0.6 is 11.6 Å². The van der Waals surface area contributed by atoms with Gasteiger partial charge in [-0.05, 0) is 18.2 Å². The molecule has 1 heterocycles. The van der Waals surface area contributed by atoms with Crippen molar-refractivity contribution >= 4 is 22.6 Å². The van der Waals surface area contributed by atoms with E-state index in [2.05, 4.69) is 0 Å². The van der Waals surface area contributed by atoms with Crippen LogP contribution in [0.2, 0.25) is 5.02 Å². The van der Waals surface area contributed by atoms with Crippen LogP contribution in [0.3, 0.4) is 0 Å². The van der Waals surface area contributed by atoms with Crippen LogP contribution in [-0.2, 0) is 11.3 Å². The zero-order valence-corrected chi connectivity index (χ0v) is 7.97. The number of benzene rings is 1. The first-order chi connectivity index (χ1) is 6.31. The molecule has 0 amide bonds. The molecule has 68 valence electrons. The van der Waals surface area contributed by atoms with E-state index in [1.54, 1.807) is 7.11 Å². The number of hydrogen-bond acceptors (Lipinski definition) is 2. The van der Waals surface area contributed by atoms with E-state index in [4.69, 9.17) is 20.8 Å². The van der Waals surface area contributed by atoms with E-state index in [-0.39, 0.29) is 0 Å². The Balaban J connectivity index is 2.55. The molecule has 13 heavy (non-hydrogen) atoms. The molecule has 1 aromatic carbocycles. The van der Waals surface area contributed by atoms with Gasteiger partial charge in [-0.25, -0.2) is 0 Å². The first kappa shape index (κ1) is 8.60. The molecule has 0 aliphatic heterocycles. The second-order valence-electron chi connectivity index (χ2n) is 2.80. The maximum atomic E-state index is 5.97. The molecule has 0 radical (unpaired) electrons. The summed E-state index contributed by atoms with van der Waals surface area (Å²) in [7, 11) is 1.63. The molecule has 0 fully saturated rings. The molecule has 2 rings (SSSR count). The van der Waals surface area contributed by atoms with E-state index in [0.717, 1.165) is 16.7 Å². The smallest absolute Gasteiger partial charge is 0.135 e. The average Bonchev–Trinajstić information content (AvgIpc) is 2.49. The SMILES string of the molecule is COCc1cc2c(Cl)cccc2o1. The summed E-state index contributed by atoms with van der Waals surface area (Å²) in [5, 5.41) is 1.65. The standard InChI is InChI=1S/C10H9ClO2/c1-12-6-7-5-8-9(11)3-2-4-10(8)13-7/h2-5H,6H2,1H3. The first-order valence-corrected chi connectivity index (χ1v) is 4.35. The number of fused-ring (bicyclic) bond motifs is 1. The molecule has 2 nitrogen and oxygen atoms in total. The zero-order chi connectivity index (χ0) is 9.26. The Morgan fingerprint density at radius 2 is 2.31 bits per heavy atom. The lowest BCUT2D eigenvalue weighted by Gasteiger charge is -1.90. The Morgan fingerprint density at radius 3 is 3.00 bits per heavy atom. The number of hydrogen-bond donors (Lipinski definition) is 0. The highest BCUT2D eigenvalue weighted by atomic mass is 35.5. The third kappa shape index (κ3) is 1.55. The molecule has 0 aliphatic rings. The minimum Gasteiger partial charge on any atom is -0.459 e. The van der Waals surface area contributed by atoms with Gasteiger partial charge >= 0.3 is 0 Å². The van der Waals surface area contributed by atoms with E-state index in [1.807, 2.05) is 24.3 Å². The Hall–Kier alpha value is -0.990. The highest BCUT2D eigenvalue weighted by Gasteiger charge is 2.05. The van der Waals surface area contributed by atoms with Crippen LogP contribution in [0.4, 0.5) is 0 Å². The fourth-order valence-electron chi connectivity index (χ4n) is 1.29. The summed E-state index contributed by atoms with van der Waals surface area (Å²) in [6.07, 6.45) is 0. The highest BCUT2D eigenvalue weighted by molar-refractivity contribution is 6.35. The predicted molar refractivity (Wildman–Crippen MR) is 51.9 cm³/mol. The number of rotatable bonds is 2. The van der Waals surface area contributed by atoms with Crippen molar-refractivity contribution in [2.75, 3.05) is 7.11 Å². The van der Waals surface area contributed by atoms with Gasteiger partial charge in [0.05, 0.1) is 5.02 Å². The zero-order valence-electron chi connectivity index (χ0n) is 7.21. The highest BCUT2D eigenvalue weighted by Crippen LogP contribution is 2.26. The van der Waals surface area contributed by atoms with Gasteiger partial charge in [-0.3, -0.25) is 0 Å². The van der Waals surface area contributed by atoms with Crippen molar-refractivity contribution < 1.29 is 9.15 Å². The lowest BCUT2D eigenvalue weighted by atomic mass is 10.2. The van der Waals surface area contributed by atoms with Crippen LogP contribution in [0.1, 0.15) is 5.76 Å². The van der Waals surface area contributed by atoms with Gasteiger partial charge in [0.25, 0.3) is 0 Å². The number of methoxy groups -OCH3 is 1. The topological polar surface area (TPSA) is 22.4 Å². The van der Waals surface area contributed by atoms with Crippen LogP contribution in [0.25, 0.3) is 11.0 Å². The second kappa shape index (κ2) is 3.40. The first-order valence-electron chi connectivity index (χ1n) is 3.97. The fraction of sp³-hybridized carbons (Fsp3) is 0.200. The van der Waals surface area contributed by atoms with E-state index in [0.29, 0.717) is 11.6 Å². The molecule has 0 aliphatic carbocycles. The number of ether oxygens (including phenoxy) is 1. The van der Waals surface area contributed by atoms with Crippen molar-refractivity contribution in [3.05, 3.63) is 35.0 Å². The molecule has 1 aromatic heterocycles. The molecule has 0 N–H and O–H groups in total. The summed E-state index contributed by atoms with van der Waals surface area (Å²) in [5.74, 6) is 0.797. The molecule has 0 unspecified atom stereocenters. The van der Waals surface area contributed by atoms with Crippen LogP contribution in [0.15, 0.2) is 28.7 Å². The lowest BCUT2D eigenvalue weighted by molar-refractivity contribution is 0.166. The van der Waals surface area contributed by atoms with Gasteiger partial charge in [-0.15, -0.1) is 0 Å². The average molecular weight is 197 g/mol. The maximum Gasteiger partial charge on any atom is 0.135 e. The molecule has 0 bridgehead atoms. The number of halogens is 1. The van der Waals surface area contributed by atoms with Gasteiger partial charge in [0, 0.05) is 12.5 Å². The molecule has 0 saturated heterocycles. The van der Waals surface area contributed by atoms with Crippen molar-refractivity contribution in [1.29, 1.82) is 0 Å². The van der Waals surface area contributed by atoms with Crippen molar-refractivity contribution in [1.82, 2.24) is 0 Å². The van der Waals surface area contributed by atoms with E-state index in [1.165, 1.54) is 0 Å². The molecule has 0 spiro atoms. The van der Waals surface area contributed by atoms with Crippen LogP contribution in [0, 0.1) is 0 Å². The van der Waals surface area contributed by atoms with Crippen molar-refractivity contribution in [2.45, 2.75) is 6.61 Å². The third-order valence-electron chi connectivity index (χ3n) is 1.85. The van der Waals surface area contributed by atoms with Crippen molar-refractivity contribution in [3.63, 3.8) is 0 Å². The van der Waals surface area contributed by atoms with Gasteiger partial charge in [0.2, 0.25) is 0 Å². The molecular weight excluding hydrogens is 188 g/mol. The monoisotopic (exact) mass is 196 g/mol. The van der Waals surface area contributed by atoms with Crippen LogP contribution in [0.5, 0.6) is 0 Å². The van der Waals surface area contributed by atoms with Gasteiger partial charge in [-0.1, -0.05) is 17.7 Å². The molecule has 0 saturated carbocycles. The Morgan fingerprint density at radius 1 is 1.46 bits per heavy atom. The van der Waals surface area contributed by atoms with E-state index < -0.39 is 0 Å². The summed E-state index contributed by atoms with van der Waals surface area (Å²) in [4.78, 5) is 0. The van der Waals surface area contributed by atoms with Crippen molar-refractivity contribution in [3.8, 4) is 0 Å². The number of furan rings is 1. The summed E-state index contributed by atoms with van der Waals surface area (Å²) in [6, 6.07) is 7.50.